The maximum absolute atomic E-state index is 12.5. The topological polar surface area (TPSA) is 29.5 Å². The van der Waals surface area contributed by atoms with Gasteiger partial charge >= 0.3 is 6.09 Å². The molecule has 2 fully saturated rings. The van der Waals surface area contributed by atoms with E-state index in [0.717, 1.165) is 18.4 Å². The van der Waals surface area contributed by atoms with Gasteiger partial charge in [-0.2, -0.15) is 0 Å². The van der Waals surface area contributed by atoms with Crippen LogP contribution in [0.5, 0.6) is 0 Å². The molecule has 1 aromatic carbocycles. The maximum Gasteiger partial charge on any atom is 0.410 e. The molecule has 1 aliphatic heterocycles. The zero-order chi connectivity index (χ0) is 17.7. The first-order valence-electron chi connectivity index (χ1n) is 8.21. The lowest BCUT2D eigenvalue weighted by Gasteiger charge is -2.30. The monoisotopic (exact) mass is 367 g/mol. The Morgan fingerprint density at radius 3 is 2.67 bits per heavy atom. The van der Waals surface area contributed by atoms with Crippen LogP contribution in [0, 0.1) is 5.92 Å². The number of carbonyl (C=O) groups is 1. The van der Waals surface area contributed by atoms with Gasteiger partial charge in [0.25, 0.3) is 0 Å². The minimum absolute atomic E-state index is 0.137. The Bertz CT molecular complexity index is 695. The summed E-state index contributed by atoms with van der Waals surface area (Å²) in [6.45, 7) is 11.2. The number of fused-ring (bicyclic) bond motifs is 1. The molecule has 0 spiro atoms. The van der Waals surface area contributed by atoms with E-state index in [1.165, 1.54) is 5.57 Å². The molecule has 1 amide bonds. The molecule has 3 nitrogen and oxygen atoms in total. The fourth-order valence-electron chi connectivity index (χ4n) is 4.00. The third-order valence-electron chi connectivity index (χ3n) is 4.94. The second-order valence-electron chi connectivity index (χ2n) is 7.97. The first-order valence-corrected chi connectivity index (χ1v) is 8.96. The van der Waals surface area contributed by atoms with Crippen LogP contribution in [0.3, 0.4) is 0 Å². The summed E-state index contributed by atoms with van der Waals surface area (Å²) in [5.74, 6) is 0.342. The highest BCUT2D eigenvalue weighted by molar-refractivity contribution is 6.42. The highest BCUT2D eigenvalue weighted by Crippen LogP contribution is 2.53. The summed E-state index contributed by atoms with van der Waals surface area (Å²) < 4.78 is 5.55. The van der Waals surface area contributed by atoms with Crippen molar-refractivity contribution in [1.82, 2.24) is 4.90 Å². The van der Waals surface area contributed by atoms with Crippen LogP contribution in [0.25, 0.3) is 0 Å². The summed E-state index contributed by atoms with van der Waals surface area (Å²) in [5, 5.41) is 1.10. The van der Waals surface area contributed by atoms with E-state index in [1.807, 2.05) is 43.9 Å². The Balaban J connectivity index is 1.91. The minimum atomic E-state index is -0.491. The van der Waals surface area contributed by atoms with Crippen LogP contribution in [-0.2, 0) is 10.2 Å². The standard InChI is InChI=1S/C19H23Cl2NO2/c1-12-7-14-10-22(17(23)24-18(2,3)4)11-19(14,9-12)13-5-6-15(20)16(21)8-13/h5-6,8,14H,1,7,9-11H2,2-4H3/t14-,19+/m1/s1. The number of hydrogen-bond donors (Lipinski definition) is 0. The fraction of sp³-hybridized carbons (Fsp3) is 0.526. The van der Waals surface area contributed by atoms with Crippen molar-refractivity contribution in [1.29, 1.82) is 0 Å². The highest BCUT2D eigenvalue weighted by atomic mass is 35.5. The van der Waals surface area contributed by atoms with Gasteiger partial charge in [0.05, 0.1) is 10.0 Å². The van der Waals surface area contributed by atoms with E-state index in [-0.39, 0.29) is 11.5 Å². The number of allylic oxidation sites excluding steroid dienone is 1. The zero-order valence-corrected chi connectivity index (χ0v) is 15.9. The molecule has 1 aliphatic carbocycles. The van der Waals surface area contributed by atoms with E-state index in [4.69, 9.17) is 27.9 Å². The lowest BCUT2D eigenvalue weighted by molar-refractivity contribution is 0.0279. The van der Waals surface area contributed by atoms with Gasteiger partial charge in [0.1, 0.15) is 5.60 Å². The third-order valence-corrected chi connectivity index (χ3v) is 5.68. The molecule has 3 rings (SSSR count). The van der Waals surface area contributed by atoms with E-state index in [2.05, 4.69) is 6.58 Å². The van der Waals surface area contributed by atoms with Crippen molar-refractivity contribution in [2.45, 2.75) is 44.6 Å². The number of halogens is 2. The summed E-state index contributed by atoms with van der Waals surface area (Å²) in [6, 6.07) is 5.80. The second-order valence-corrected chi connectivity index (χ2v) is 8.79. The van der Waals surface area contributed by atoms with E-state index in [0.29, 0.717) is 29.1 Å². The SMILES string of the molecule is C=C1C[C@@H]2CN(C(=O)OC(C)(C)C)C[C@]2(c2ccc(Cl)c(Cl)c2)C1. The van der Waals surface area contributed by atoms with Gasteiger partial charge in [-0.05, 0) is 57.2 Å². The highest BCUT2D eigenvalue weighted by Gasteiger charge is 2.53. The molecule has 1 saturated heterocycles. The van der Waals surface area contributed by atoms with Crippen LogP contribution < -0.4 is 0 Å². The average Bonchev–Trinajstić information content (AvgIpc) is 2.93. The van der Waals surface area contributed by atoms with Gasteiger partial charge in [0, 0.05) is 18.5 Å². The maximum atomic E-state index is 12.5. The van der Waals surface area contributed by atoms with Crippen molar-refractivity contribution in [3.8, 4) is 0 Å². The molecule has 1 aromatic rings. The third kappa shape index (κ3) is 3.16. The van der Waals surface area contributed by atoms with Crippen molar-refractivity contribution < 1.29 is 9.53 Å². The molecular weight excluding hydrogens is 345 g/mol. The summed E-state index contributed by atoms with van der Waals surface area (Å²) in [4.78, 5) is 14.3. The summed E-state index contributed by atoms with van der Waals surface area (Å²) >= 11 is 12.3. The predicted molar refractivity (Wildman–Crippen MR) is 97.8 cm³/mol. The molecule has 130 valence electrons. The van der Waals surface area contributed by atoms with Gasteiger partial charge in [-0.3, -0.25) is 0 Å². The second kappa shape index (κ2) is 5.96. The molecule has 0 unspecified atom stereocenters. The first-order chi connectivity index (χ1) is 11.1. The molecule has 5 heteroatoms. The van der Waals surface area contributed by atoms with Crippen molar-refractivity contribution in [2.24, 2.45) is 5.92 Å². The van der Waals surface area contributed by atoms with Gasteiger partial charge in [-0.25, -0.2) is 4.79 Å². The number of nitrogens with zero attached hydrogens (tertiary/aromatic N) is 1. The zero-order valence-electron chi connectivity index (χ0n) is 14.4. The van der Waals surface area contributed by atoms with E-state index >= 15 is 0 Å². The molecule has 2 aliphatic rings. The Kier molecular flexibility index (Phi) is 4.38. The van der Waals surface area contributed by atoms with Crippen molar-refractivity contribution in [2.75, 3.05) is 13.1 Å². The Hall–Kier alpha value is -1.19. The molecule has 0 bridgehead atoms. The number of rotatable bonds is 1. The Labute approximate surface area is 153 Å². The minimum Gasteiger partial charge on any atom is -0.444 e. The quantitative estimate of drug-likeness (QED) is 0.617. The van der Waals surface area contributed by atoms with Crippen molar-refractivity contribution in [3.63, 3.8) is 0 Å². The summed E-state index contributed by atoms with van der Waals surface area (Å²) in [5.41, 5.74) is 1.73. The number of likely N-dealkylation sites (tertiary alicyclic amines) is 1. The lowest BCUT2D eigenvalue weighted by atomic mass is 9.74. The van der Waals surface area contributed by atoms with E-state index in [1.54, 1.807) is 0 Å². The van der Waals surface area contributed by atoms with Gasteiger partial charge in [-0.1, -0.05) is 41.4 Å². The molecule has 0 aromatic heterocycles. The summed E-state index contributed by atoms with van der Waals surface area (Å²) in [7, 11) is 0. The van der Waals surface area contributed by atoms with Crippen LogP contribution in [0.4, 0.5) is 4.79 Å². The largest absolute Gasteiger partial charge is 0.444 e. The molecule has 1 heterocycles. The van der Waals surface area contributed by atoms with Crippen LogP contribution in [0.1, 0.15) is 39.2 Å². The van der Waals surface area contributed by atoms with Gasteiger partial charge in [-0.15, -0.1) is 0 Å². The molecule has 1 saturated carbocycles. The van der Waals surface area contributed by atoms with E-state index in [9.17, 15) is 4.79 Å². The van der Waals surface area contributed by atoms with Gasteiger partial charge < -0.3 is 9.64 Å². The molecular formula is C19H23Cl2NO2. The van der Waals surface area contributed by atoms with Gasteiger partial charge in [0.2, 0.25) is 0 Å². The molecule has 0 N–H and O–H groups in total. The van der Waals surface area contributed by atoms with Gasteiger partial charge in [0.15, 0.2) is 0 Å². The number of ether oxygens (including phenoxy) is 1. The van der Waals surface area contributed by atoms with Crippen LogP contribution in [0.2, 0.25) is 10.0 Å². The fourth-order valence-corrected chi connectivity index (χ4v) is 4.30. The van der Waals surface area contributed by atoms with Crippen LogP contribution in [-0.4, -0.2) is 29.7 Å². The van der Waals surface area contributed by atoms with Crippen molar-refractivity contribution >= 4 is 29.3 Å². The number of carbonyl (C=O) groups excluding carboxylic acids is 1. The first kappa shape index (κ1) is 17.6. The number of benzene rings is 1. The van der Waals surface area contributed by atoms with Crippen LogP contribution >= 0.6 is 23.2 Å². The smallest absolute Gasteiger partial charge is 0.410 e. The average molecular weight is 368 g/mol. The number of amides is 1. The number of hydrogen-bond acceptors (Lipinski definition) is 2. The Morgan fingerprint density at radius 1 is 1.33 bits per heavy atom. The molecule has 0 radical (unpaired) electrons. The Morgan fingerprint density at radius 2 is 2.04 bits per heavy atom. The predicted octanol–water partition coefficient (Wildman–Crippen LogP) is 5.45. The van der Waals surface area contributed by atoms with E-state index < -0.39 is 5.60 Å². The summed E-state index contributed by atoms with van der Waals surface area (Å²) in [6.07, 6.45) is 1.55. The molecule has 2 atom stereocenters. The lowest BCUT2D eigenvalue weighted by Crippen LogP contribution is -2.38. The molecule has 24 heavy (non-hydrogen) atoms. The van der Waals surface area contributed by atoms with Crippen LogP contribution in [0.15, 0.2) is 30.4 Å². The normalized spacial score (nSPS) is 26.6. The van der Waals surface area contributed by atoms with Crippen molar-refractivity contribution in [3.05, 3.63) is 46.0 Å².